The molecule has 1 heterocycles. The second-order valence-corrected chi connectivity index (χ2v) is 6.49. The van der Waals surface area contributed by atoms with Crippen LogP contribution in [0.1, 0.15) is 36.2 Å². The summed E-state index contributed by atoms with van der Waals surface area (Å²) >= 11 is 0. The van der Waals surface area contributed by atoms with Gasteiger partial charge >= 0.3 is 0 Å². The van der Waals surface area contributed by atoms with E-state index in [2.05, 4.69) is 10.6 Å². The third kappa shape index (κ3) is 3.50. The lowest BCUT2D eigenvalue weighted by Crippen LogP contribution is -2.48. The third-order valence-electron chi connectivity index (χ3n) is 4.95. The number of hydrogen-bond donors (Lipinski definition) is 2. The topological polar surface area (TPSA) is 86.9 Å². The first-order chi connectivity index (χ1) is 12.1. The van der Waals surface area contributed by atoms with Gasteiger partial charge in [0.2, 0.25) is 5.91 Å². The summed E-state index contributed by atoms with van der Waals surface area (Å²) in [5.74, 6) is -0.590. The highest BCUT2D eigenvalue weighted by molar-refractivity contribution is 5.99. The zero-order valence-electron chi connectivity index (χ0n) is 14.3. The Kier molecular flexibility index (Phi) is 5.03. The summed E-state index contributed by atoms with van der Waals surface area (Å²) in [6.45, 7) is -0.000794. The Morgan fingerprint density at radius 2 is 2.04 bits per heavy atom. The van der Waals surface area contributed by atoms with Crippen molar-refractivity contribution in [2.45, 2.75) is 31.7 Å². The Balaban J connectivity index is 1.76. The molecule has 0 bridgehead atoms. The van der Waals surface area contributed by atoms with Gasteiger partial charge in [0.25, 0.3) is 5.91 Å². The zero-order chi connectivity index (χ0) is 17.8. The van der Waals surface area contributed by atoms with Gasteiger partial charge in [-0.25, -0.2) is 0 Å². The molecule has 6 heteroatoms. The SMILES string of the molecule is Cn1c(C(=O)N[C@H]2CCCC[C@H]2C(=O)NCC#N)cc2ccccc21. The molecule has 3 rings (SSSR count). The molecule has 6 nitrogen and oxygen atoms in total. The van der Waals surface area contributed by atoms with Gasteiger partial charge in [0, 0.05) is 24.0 Å². The van der Waals surface area contributed by atoms with Crippen LogP contribution in [-0.4, -0.2) is 29.0 Å². The lowest BCUT2D eigenvalue weighted by Gasteiger charge is -2.31. The Morgan fingerprint density at radius 3 is 2.80 bits per heavy atom. The molecule has 0 saturated heterocycles. The van der Waals surface area contributed by atoms with Gasteiger partial charge < -0.3 is 15.2 Å². The fourth-order valence-electron chi connectivity index (χ4n) is 3.62. The van der Waals surface area contributed by atoms with Crippen molar-refractivity contribution in [1.29, 1.82) is 5.26 Å². The molecular formula is C19H22N4O2. The Hall–Kier alpha value is -2.81. The van der Waals surface area contributed by atoms with E-state index in [9.17, 15) is 9.59 Å². The minimum atomic E-state index is -0.277. The van der Waals surface area contributed by atoms with E-state index >= 15 is 0 Å². The summed E-state index contributed by atoms with van der Waals surface area (Å²) in [6.07, 6.45) is 3.46. The number of hydrogen-bond acceptors (Lipinski definition) is 3. The van der Waals surface area contributed by atoms with E-state index in [1.165, 1.54) is 0 Å². The number of rotatable bonds is 4. The lowest BCUT2D eigenvalue weighted by atomic mass is 9.83. The van der Waals surface area contributed by atoms with Crippen molar-refractivity contribution in [3.63, 3.8) is 0 Å². The molecule has 1 aromatic carbocycles. The lowest BCUT2D eigenvalue weighted by molar-refractivity contribution is -0.126. The monoisotopic (exact) mass is 338 g/mol. The van der Waals surface area contributed by atoms with Crippen LogP contribution in [0.4, 0.5) is 0 Å². The van der Waals surface area contributed by atoms with Crippen molar-refractivity contribution in [1.82, 2.24) is 15.2 Å². The van der Waals surface area contributed by atoms with Crippen LogP contribution in [0.15, 0.2) is 30.3 Å². The fourth-order valence-corrected chi connectivity index (χ4v) is 3.62. The maximum atomic E-state index is 12.8. The number of carbonyl (C=O) groups is 2. The molecule has 2 amide bonds. The van der Waals surface area contributed by atoms with Gasteiger partial charge in [0.15, 0.2) is 0 Å². The predicted molar refractivity (Wildman–Crippen MR) is 94.8 cm³/mol. The van der Waals surface area contributed by atoms with Crippen molar-refractivity contribution in [2.24, 2.45) is 13.0 Å². The van der Waals surface area contributed by atoms with Crippen LogP contribution in [-0.2, 0) is 11.8 Å². The summed E-state index contributed by atoms with van der Waals surface area (Å²) in [4.78, 5) is 25.0. The molecule has 0 spiro atoms. The van der Waals surface area contributed by atoms with Gasteiger partial charge in [-0.05, 0) is 25.0 Å². The number of fused-ring (bicyclic) bond motifs is 1. The number of amides is 2. The first-order valence-corrected chi connectivity index (χ1v) is 8.62. The Labute approximate surface area is 146 Å². The summed E-state index contributed by atoms with van der Waals surface area (Å²) in [6, 6.07) is 11.4. The molecular weight excluding hydrogens is 316 g/mol. The van der Waals surface area contributed by atoms with Gasteiger partial charge in [-0.2, -0.15) is 5.26 Å². The summed E-state index contributed by atoms with van der Waals surface area (Å²) in [5.41, 5.74) is 1.59. The second kappa shape index (κ2) is 7.39. The smallest absolute Gasteiger partial charge is 0.268 e. The average Bonchev–Trinajstić information content (AvgIpc) is 2.97. The molecule has 2 N–H and O–H groups in total. The highest BCUT2D eigenvalue weighted by atomic mass is 16.2. The number of para-hydroxylation sites is 1. The summed E-state index contributed by atoms with van der Waals surface area (Å²) < 4.78 is 1.87. The van der Waals surface area contributed by atoms with Crippen LogP contribution in [0.2, 0.25) is 0 Å². The van der Waals surface area contributed by atoms with Crippen molar-refractivity contribution in [3.8, 4) is 6.07 Å². The number of aryl methyl sites for hydroxylation is 1. The first-order valence-electron chi connectivity index (χ1n) is 8.62. The molecule has 1 saturated carbocycles. The van der Waals surface area contributed by atoms with Crippen molar-refractivity contribution < 1.29 is 9.59 Å². The van der Waals surface area contributed by atoms with Crippen LogP contribution < -0.4 is 10.6 Å². The van der Waals surface area contributed by atoms with Gasteiger partial charge in [0.05, 0.1) is 12.0 Å². The summed E-state index contributed by atoms with van der Waals surface area (Å²) in [5, 5.41) is 15.3. The highest BCUT2D eigenvalue weighted by Crippen LogP contribution is 2.25. The molecule has 1 aromatic heterocycles. The number of aromatic nitrogens is 1. The number of nitrogens with one attached hydrogen (secondary N) is 2. The standard InChI is InChI=1S/C19H22N4O2/c1-23-16-9-5-2-6-13(16)12-17(23)19(25)22-15-8-4-3-7-14(15)18(24)21-11-10-20/h2,5-6,9,12,14-15H,3-4,7-8,11H2,1H3,(H,21,24)(H,22,25)/t14-,15+/m1/s1. The van der Waals surface area contributed by atoms with E-state index in [-0.39, 0.29) is 30.3 Å². The number of nitrogens with zero attached hydrogens (tertiary/aromatic N) is 2. The largest absolute Gasteiger partial charge is 0.347 e. The Morgan fingerprint density at radius 1 is 1.28 bits per heavy atom. The maximum Gasteiger partial charge on any atom is 0.268 e. The molecule has 25 heavy (non-hydrogen) atoms. The van der Waals surface area contributed by atoms with Crippen molar-refractivity contribution in [3.05, 3.63) is 36.0 Å². The van der Waals surface area contributed by atoms with Crippen LogP contribution >= 0.6 is 0 Å². The quantitative estimate of drug-likeness (QED) is 0.837. The molecule has 0 radical (unpaired) electrons. The molecule has 130 valence electrons. The predicted octanol–water partition coefficient (Wildman–Crippen LogP) is 2.11. The fraction of sp³-hybridized carbons (Fsp3) is 0.421. The molecule has 2 atom stereocenters. The van der Waals surface area contributed by atoms with E-state index in [4.69, 9.17) is 5.26 Å². The van der Waals surface area contributed by atoms with E-state index in [1.807, 2.05) is 48.0 Å². The highest BCUT2D eigenvalue weighted by Gasteiger charge is 2.32. The van der Waals surface area contributed by atoms with E-state index in [0.29, 0.717) is 5.69 Å². The normalized spacial score (nSPS) is 20.0. The summed E-state index contributed by atoms with van der Waals surface area (Å²) in [7, 11) is 1.87. The van der Waals surface area contributed by atoms with Crippen LogP contribution in [0.5, 0.6) is 0 Å². The molecule has 0 aliphatic heterocycles. The molecule has 1 fully saturated rings. The van der Waals surface area contributed by atoms with Gasteiger partial charge in [-0.3, -0.25) is 9.59 Å². The van der Waals surface area contributed by atoms with Gasteiger partial charge in [-0.1, -0.05) is 31.0 Å². The molecule has 2 aromatic rings. The number of benzene rings is 1. The van der Waals surface area contributed by atoms with E-state index in [1.54, 1.807) is 0 Å². The van der Waals surface area contributed by atoms with E-state index in [0.717, 1.165) is 36.6 Å². The first kappa shape index (κ1) is 17.0. The molecule has 1 aliphatic rings. The van der Waals surface area contributed by atoms with Crippen molar-refractivity contribution in [2.75, 3.05) is 6.54 Å². The number of nitriles is 1. The van der Waals surface area contributed by atoms with Gasteiger partial charge in [0.1, 0.15) is 12.2 Å². The van der Waals surface area contributed by atoms with Crippen LogP contribution in [0.3, 0.4) is 0 Å². The minimum absolute atomic E-state index is 0.000794. The van der Waals surface area contributed by atoms with Crippen LogP contribution in [0.25, 0.3) is 10.9 Å². The number of carbonyl (C=O) groups excluding carboxylic acids is 2. The van der Waals surface area contributed by atoms with Crippen molar-refractivity contribution >= 4 is 22.7 Å². The zero-order valence-corrected chi connectivity index (χ0v) is 14.3. The van der Waals surface area contributed by atoms with Gasteiger partial charge in [-0.15, -0.1) is 0 Å². The maximum absolute atomic E-state index is 12.8. The second-order valence-electron chi connectivity index (χ2n) is 6.49. The minimum Gasteiger partial charge on any atom is -0.347 e. The molecule has 1 aliphatic carbocycles. The molecule has 0 unspecified atom stereocenters. The Bertz CT molecular complexity index is 834. The average molecular weight is 338 g/mol. The van der Waals surface area contributed by atoms with E-state index < -0.39 is 0 Å². The third-order valence-corrected chi connectivity index (χ3v) is 4.95. The van der Waals surface area contributed by atoms with Crippen LogP contribution in [0, 0.1) is 17.2 Å².